The summed E-state index contributed by atoms with van der Waals surface area (Å²) in [6.07, 6.45) is 3.36. The Labute approximate surface area is 137 Å². The van der Waals surface area contributed by atoms with Crippen molar-refractivity contribution in [3.63, 3.8) is 0 Å². The molecule has 0 saturated heterocycles. The third kappa shape index (κ3) is 3.37. The average molecular weight is 324 g/mol. The van der Waals surface area contributed by atoms with E-state index in [0.717, 1.165) is 16.8 Å². The van der Waals surface area contributed by atoms with Crippen molar-refractivity contribution in [3.05, 3.63) is 64.3 Å². The molecule has 3 rings (SSSR count). The van der Waals surface area contributed by atoms with Crippen LogP contribution in [0.15, 0.2) is 47.7 Å². The van der Waals surface area contributed by atoms with E-state index in [0.29, 0.717) is 5.69 Å². The first-order valence-corrected chi connectivity index (χ1v) is 7.32. The molecule has 0 aliphatic carbocycles. The number of carbonyl (C=O) groups is 1. The molecule has 0 bridgehead atoms. The molecule has 0 aliphatic rings. The molecule has 0 unspecified atom stereocenters. The SMILES string of the molecule is Cc1cc(=O)n(C)cc1NC(=O)Cc1ccc(-n2cnnn2)cc1. The molecule has 122 valence electrons. The minimum absolute atomic E-state index is 0.108. The molecular formula is C16H16N6O2. The smallest absolute Gasteiger partial charge is 0.250 e. The van der Waals surface area contributed by atoms with E-state index in [1.54, 1.807) is 20.2 Å². The molecule has 1 amide bonds. The molecule has 1 aromatic carbocycles. The summed E-state index contributed by atoms with van der Waals surface area (Å²) in [5.41, 5.74) is 2.95. The largest absolute Gasteiger partial charge is 0.324 e. The molecule has 0 fully saturated rings. The van der Waals surface area contributed by atoms with Gasteiger partial charge in [0.15, 0.2) is 0 Å². The van der Waals surface area contributed by atoms with Gasteiger partial charge in [0.2, 0.25) is 5.91 Å². The highest BCUT2D eigenvalue weighted by Crippen LogP contribution is 2.13. The summed E-state index contributed by atoms with van der Waals surface area (Å²) in [7, 11) is 1.65. The Balaban J connectivity index is 1.69. The number of nitrogens with zero attached hydrogens (tertiary/aromatic N) is 5. The van der Waals surface area contributed by atoms with E-state index < -0.39 is 0 Å². The number of carbonyl (C=O) groups excluding carboxylic acids is 1. The van der Waals surface area contributed by atoms with Crippen molar-refractivity contribution in [2.45, 2.75) is 13.3 Å². The van der Waals surface area contributed by atoms with E-state index in [1.165, 1.54) is 21.6 Å². The fraction of sp³-hybridized carbons (Fsp3) is 0.188. The first kappa shape index (κ1) is 15.6. The predicted molar refractivity (Wildman–Crippen MR) is 87.9 cm³/mol. The molecule has 8 nitrogen and oxygen atoms in total. The maximum Gasteiger partial charge on any atom is 0.250 e. The maximum atomic E-state index is 12.2. The molecule has 0 spiro atoms. The number of tetrazole rings is 1. The van der Waals surface area contributed by atoms with E-state index in [2.05, 4.69) is 20.8 Å². The van der Waals surface area contributed by atoms with Gasteiger partial charge in [-0.1, -0.05) is 12.1 Å². The fourth-order valence-corrected chi connectivity index (χ4v) is 2.28. The lowest BCUT2D eigenvalue weighted by molar-refractivity contribution is -0.115. The third-order valence-electron chi connectivity index (χ3n) is 3.62. The zero-order valence-electron chi connectivity index (χ0n) is 13.3. The molecule has 2 aromatic heterocycles. The van der Waals surface area contributed by atoms with Gasteiger partial charge in [-0.05, 0) is 40.6 Å². The van der Waals surface area contributed by atoms with Crippen LogP contribution in [0.4, 0.5) is 5.69 Å². The first-order chi connectivity index (χ1) is 11.5. The summed E-state index contributed by atoms with van der Waals surface area (Å²) in [5, 5.41) is 13.8. The molecule has 24 heavy (non-hydrogen) atoms. The van der Waals surface area contributed by atoms with Crippen molar-refractivity contribution >= 4 is 11.6 Å². The molecule has 2 heterocycles. The molecule has 8 heteroatoms. The van der Waals surface area contributed by atoms with Crippen LogP contribution < -0.4 is 10.9 Å². The van der Waals surface area contributed by atoms with Gasteiger partial charge in [-0.3, -0.25) is 9.59 Å². The number of aromatic nitrogens is 5. The van der Waals surface area contributed by atoms with Crippen molar-refractivity contribution in [2.24, 2.45) is 7.05 Å². The van der Waals surface area contributed by atoms with Crippen molar-refractivity contribution in [1.29, 1.82) is 0 Å². The third-order valence-corrected chi connectivity index (χ3v) is 3.62. The fourth-order valence-electron chi connectivity index (χ4n) is 2.28. The number of pyridine rings is 1. The van der Waals surface area contributed by atoms with E-state index >= 15 is 0 Å². The molecule has 0 atom stereocenters. The Hall–Kier alpha value is -3.29. The molecule has 0 radical (unpaired) electrons. The average Bonchev–Trinajstić information content (AvgIpc) is 3.08. The van der Waals surface area contributed by atoms with Gasteiger partial charge in [-0.25, -0.2) is 4.68 Å². The number of anilines is 1. The highest BCUT2D eigenvalue weighted by molar-refractivity contribution is 5.92. The van der Waals surface area contributed by atoms with Gasteiger partial charge in [0.1, 0.15) is 6.33 Å². The number of rotatable bonds is 4. The summed E-state index contributed by atoms with van der Waals surface area (Å²) in [5.74, 6) is -0.146. The van der Waals surface area contributed by atoms with Crippen molar-refractivity contribution < 1.29 is 4.79 Å². The normalized spacial score (nSPS) is 10.6. The lowest BCUT2D eigenvalue weighted by atomic mass is 10.1. The summed E-state index contributed by atoms with van der Waals surface area (Å²) < 4.78 is 2.97. The quantitative estimate of drug-likeness (QED) is 0.768. The summed E-state index contributed by atoms with van der Waals surface area (Å²) in [4.78, 5) is 23.7. The number of aryl methyl sites for hydroxylation is 2. The van der Waals surface area contributed by atoms with E-state index in [-0.39, 0.29) is 17.9 Å². The van der Waals surface area contributed by atoms with Gasteiger partial charge in [0, 0.05) is 19.3 Å². The van der Waals surface area contributed by atoms with Gasteiger partial charge in [-0.15, -0.1) is 5.10 Å². The second kappa shape index (κ2) is 6.45. The van der Waals surface area contributed by atoms with Crippen LogP contribution in [0.2, 0.25) is 0 Å². The number of hydrogen-bond acceptors (Lipinski definition) is 5. The molecule has 1 N–H and O–H groups in total. The summed E-state index contributed by atoms with van der Waals surface area (Å²) >= 11 is 0. The number of nitrogens with one attached hydrogen (secondary N) is 1. The zero-order valence-corrected chi connectivity index (χ0v) is 13.3. The van der Waals surface area contributed by atoms with Gasteiger partial charge in [0.05, 0.1) is 17.8 Å². The van der Waals surface area contributed by atoms with E-state index in [9.17, 15) is 9.59 Å². The predicted octanol–water partition coefficient (Wildman–Crippen LogP) is 0.851. The van der Waals surface area contributed by atoms with Crippen LogP contribution in [0.3, 0.4) is 0 Å². The Morgan fingerprint density at radius 2 is 2.00 bits per heavy atom. The minimum atomic E-state index is -0.146. The minimum Gasteiger partial charge on any atom is -0.324 e. The highest BCUT2D eigenvalue weighted by atomic mass is 16.1. The van der Waals surface area contributed by atoms with Crippen LogP contribution in [0.5, 0.6) is 0 Å². The standard InChI is InChI=1S/C16H16N6O2/c1-11-7-16(24)21(2)9-14(11)18-15(23)8-12-3-5-13(6-4-12)22-10-17-19-20-22/h3-7,9-10H,8H2,1-2H3,(H,18,23). The monoisotopic (exact) mass is 324 g/mol. The maximum absolute atomic E-state index is 12.2. The summed E-state index contributed by atoms with van der Waals surface area (Å²) in [6, 6.07) is 8.89. The Morgan fingerprint density at radius 1 is 1.25 bits per heavy atom. The lowest BCUT2D eigenvalue weighted by Gasteiger charge is -2.10. The van der Waals surface area contributed by atoms with Crippen molar-refractivity contribution in [1.82, 2.24) is 24.8 Å². The van der Waals surface area contributed by atoms with E-state index in [4.69, 9.17) is 0 Å². The molecule has 0 aliphatic heterocycles. The van der Waals surface area contributed by atoms with Crippen molar-refractivity contribution in [3.8, 4) is 5.69 Å². The summed E-state index contributed by atoms with van der Waals surface area (Å²) in [6.45, 7) is 1.79. The van der Waals surface area contributed by atoms with Crippen LogP contribution in [0, 0.1) is 6.92 Å². The molecule has 0 saturated carbocycles. The Bertz CT molecular complexity index is 913. The Morgan fingerprint density at radius 3 is 2.67 bits per heavy atom. The number of benzene rings is 1. The van der Waals surface area contributed by atoms with Gasteiger partial charge < -0.3 is 9.88 Å². The van der Waals surface area contributed by atoms with Crippen LogP contribution in [-0.2, 0) is 18.3 Å². The van der Waals surface area contributed by atoms with Crippen LogP contribution in [0.1, 0.15) is 11.1 Å². The van der Waals surface area contributed by atoms with Gasteiger partial charge in [0.25, 0.3) is 5.56 Å². The first-order valence-electron chi connectivity index (χ1n) is 7.32. The number of amides is 1. The van der Waals surface area contributed by atoms with Crippen LogP contribution in [-0.4, -0.2) is 30.7 Å². The highest BCUT2D eigenvalue weighted by Gasteiger charge is 2.08. The second-order valence-corrected chi connectivity index (χ2v) is 5.47. The zero-order chi connectivity index (χ0) is 17.1. The topological polar surface area (TPSA) is 94.7 Å². The van der Waals surface area contributed by atoms with Crippen molar-refractivity contribution in [2.75, 3.05) is 5.32 Å². The molecular weight excluding hydrogens is 308 g/mol. The molecule has 3 aromatic rings. The van der Waals surface area contributed by atoms with E-state index in [1.807, 2.05) is 24.3 Å². The lowest BCUT2D eigenvalue weighted by Crippen LogP contribution is -2.20. The Kier molecular flexibility index (Phi) is 4.19. The second-order valence-electron chi connectivity index (χ2n) is 5.47. The van der Waals surface area contributed by atoms with Crippen LogP contribution >= 0.6 is 0 Å². The van der Waals surface area contributed by atoms with Gasteiger partial charge >= 0.3 is 0 Å². The number of hydrogen-bond donors (Lipinski definition) is 1. The van der Waals surface area contributed by atoms with Gasteiger partial charge in [-0.2, -0.15) is 0 Å². The van der Waals surface area contributed by atoms with Crippen LogP contribution in [0.25, 0.3) is 5.69 Å².